The molecule has 0 aliphatic rings. The van der Waals surface area contributed by atoms with E-state index >= 15 is 0 Å². The Kier molecular flexibility index (Phi) is 18.1. The quantitative estimate of drug-likeness (QED) is 0.156. The molecule has 0 saturated heterocycles. The molecule has 23 heavy (non-hydrogen) atoms. The molecule has 0 unspecified atom stereocenters. The molecule has 146 valence electrons. The van der Waals surface area contributed by atoms with Gasteiger partial charge in [0.15, 0.2) is 0 Å². The molecule has 0 saturated carbocycles. The van der Waals surface area contributed by atoms with Crippen LogP contribution >= 0.6 is 7.82 Å². The number of rotatable bonds is 3. The predicted molar refractivity (Wildman–Crippen MR) is 30.3 cm³/mol. The van der Waals surface area contributed by atoms with E-state index in [1.807, 2.05) is 0 Å². The van der Waals surface area contributed by atoms with Crippen molar-refractivity contribution in [3.8, 4) is 0 Å². The van der Waals surface area contributed by atoms with E-state index in [9.17, 15) is 22.8 Å². The Balaban J connectivity index is -0.000000105. The summed E-state index contributed by atoms with van der Waals surface area (Å²) >= 11 is -14.7. The summed E-state index contributed by atoms with van der Waals surface area (Å²) in [6.45, 7) is 0. The van der Waals surface area contributed by atoms with Gasteiger partial charge in [0.2, 0.25) is 0 Å². The molecule has 0 amide bonds. The molecule has 0 aromatic carbocycles. The van der Waals surface area contributed by atoms with E-state index in [1.165, 1.54) is 0 Å². The fourth-order valence-corrected chi connectivity index (χ4v) is 0. The Morgan fingerprint density at radius 2 is 0.696 bits per heavy atom. The van der Waals surface area contributed by atoms with Crippen LogP contribution in [-0.2, 0) is 79.9 Å². The number of quaternary nitrogens is 3. The second-order valence-electron chi connectivity index (χ2n) is 2.08. The summed E-state index contributed by atoms with van der Waals surface area (Å²) in [4.78, 5) is 25.6. The van der Waals surface area contributed by atoms with Crippen molar-refractivity contribution in [1.82, 2.24) is 0 Å². The van der Waals surface area contributed by atoms with Crippen molar-refractivity contribution in [3.05, 3.63) is 0 Å². The fourth-order valence-electron chi connectivity index (χ4n) is 0. The van der Waals surface area contributed by atoms with Crippen LogP contribution in [0.1, 0.15) is 0 Å². The van der Waals surface area contributed by atoms with Gasteiger partial charge < -0.3 is 19.2 Å². The van der Waals surface area contributed by atoms with Crippen molar-refractivity contribution < 1.29 is 125 Å². The normalized spacial score (nSPS) is 11.7. The van der Waals surface area contributed by atoms with Crippen molar-refractivity contribution >= 4 is 7.82 Å². The van der Waals surface area contributed by atoms with Gasteiger partial charge in [-0.3, -0.25) is 0 Å². The Morgan fingerprint density at radius 1 is 0.652 bits per heavy atom. The molecule has 0 fully saturated rings. The van der Waals surface area contributed by atoms with E-state index < -0.39 is 48.7 Å². The number of phosphoric acid groups is 1. The Bertz CT molecular complexity index is 536. The minimum atomic E-state index is -5.39. The van der Waals surface area contributed by atoms with Crippen molar-refractivity contribution in [3.63, 3.8) is 0 Å². The van der Waals surface area contributed by atoms with Gasteiger partial charge in [-0.2, -0.15) is 7.82 Å². The van der Waals surface area contributed by atoms with Crippen LogP contribution in [0.3, 0.4) is 0 Å². The standard InChI is InChI=1S/3Cr.3H3NO.H3O4P.3H2O.6O/c;;;3*1-2;1-5(2,3)4;;;;;;;;;/h;;;3*1H3;(H3,1,2,3,4);3*1H2;;;;;;/q3*+2;;;;;;;;;;;;;/p-6. The van der Waals surface area contributed by atoms with E-state index in [-0.39, 0.29) is 0 Å². The maximum absolute atomic E-state index is 9.34. The van der Waals surface area contributed by atoms with Gasteiger partial charge in [-0.15, -0.1) is 0 Å². The average Bonchev–Trinajstić information content (AvgIpc) is 2.25. The zero-order valence-electron chi connectivity index (χ0n) is 10.4. The van der Waals surface area contributed by atoms with Crippen LogP contribution in [0.25, 0.3) is 0 Å². The first-order valence-corrected chi connectivity index (χ1v) is 11.5. The first kappa shape index (κ1) is 31.0. The zero-order valence-corrected chi connectivity index (χ0v) is 15.2. The summed E-state index contributed by atoms with van der Waals surface area (Å²) in [6.07, 6.45) is 0. The average molecular weight is 497 g/mol. The van der Waals surface area contributed by atoms with Crippen LogP contribution in [0.4, 0.5) is 0 Å². The third-order valence-electron chi connectivity index (χ3n) is 0.447. The Hall–Kier alpha value is 0.147. The van der Waals surface area contributed by atoms with Crippen molar-refractivity contribution in [2.24, 2.45) is 0 Å². The van der Waals surface area contributed by atoms with Crippen LogP contribution in [-0.4, -0.2) is 12.5 Å². The third-order valence-corrected chi connectivity index (χ3v) is 1.84. The molecule has 0 aromatic rings. The molecule has 0 atom stereocenters. The summed E-state index contributed by atoms with van der Waals surface area (Å²) < 4.78 is 97.2. The summed E-state index contributed by atoms with van der Waals surface area (Å²) in [6, 6.07) is 0. The molecule has 0 rings (SSSR count). The predicted octanol–water partition coefficient (Wildman–Crippen LogP) is -9.34. The molecule has 0 heterocycles. The van der Waals surface area contributed by atoms with Crippen LogP contribution in [0.2, 0.25) is 0 Å². The zero-order chi connectivity index (χ0) is 20.1. The summed E-state index contributed by atoms with van der Waals surface area (Å²) in [5, 5.41) is 0. The van der Waals surface area contributed by atoms with Crippen molar-refractivity contribution in [1.29, 1.82) is 0 Å². The molecule has 0 aliphatic heterocycles. The second kappa shape index (κ2) is 13.4. The van der Waals surface area contributed by atoms with Gasteiger partial charge in [-0.05, 0) is 0 Å². The summed E-state index contributed by atoms with van der Waals surface area (Å²) in [5.41, 5.74) is 0. The number of hydrogen-bond donors (Lipinski definition) is 6. The van der Waals surface area contributed by atoms with Crippen LogP contribution in [0.5, 0.6) is 0 Å². The van der Waals surface area contributed by atoms with E-state index in [4.69, 9.17) is 31.7 Å². The van der Waals surface area contributed by atoms with Gasteiger partial charge in [0.25, 0.3) is 0 Å². The first-order chi connectivity index (χ1) is 9.68. The van der Waals surface area contributed by atoms with E-state index in [1.54, 1.807) is 0 Å². The molecule has 12 N–H and O–H groups in total. The van der Waals surface area contributed by atoms with Crippen LogP contribution in [0.15, 0.2) is 0 Å². The minimum absolute atomic E-state index is 2.45. The molecule has 0 bridgehead atoms. The second-order valence-corrected chi connectivity index (χ2v) is 8.09. The van der Waals surface area contributed by atoms with Gasteiger partial charge >= 0.3 is 105 Å². The Labute approximate surface area is 132 Å². The third kappa shape index (κ3) is 107. The molecule has 19 nitrogen and oxygen atoms in total. The van der Waals surface area contributed by atoms with Gasteiger partial charge in [-0.25, -0.2) is 0 Å². The number of hydrogen-bond acceptors (Lipinski definition) is 13. The molecule has 0 aromatic heterocycles. The van der Waals surface area contributed by atoms with Gasteiger partial charge in [0, 0.05) is 0 Å². The van der Waals surface area contributed by atoms with Gasteiger partial charge in [0.05, 0.1) is 0 Å². The van der Waals surface area contributed by atoms with Crippen LogP contribution in [0, 0.1) is 0 Å². The summed E-state index contributed by atoms with van der Waals surface area (Å²) in [5.74, 6) is 7.35. The SMILES string of the molecule is O=P([O-])([O-])[O-].[NH3+][O][Cr](=[O])(=[O])[OH].[NH3+][O][Cr](=[O])(=[O])[OH].[NH3+][O][Cr](=[O])(=[O])[OH]. The van der Waals surface area contributed by atoms with E-state index in [2.05, 4.69) is 29.4 Å². The van der Waals surface area contributed by atoms with Gasteiger partial charge in [0.1, 0.15) is 0 Å². The molecule has 0 spiro atoms. The van der Waals surface area contributed by atoms with Gasteiger partial charge in [-0.1, -0.05) is 0 Å². The van der Waals surface area contributed by atoms with E-state index in [0.717, 1.165) is 0 Å². The topological polar surface area (TPSA) is 360 Å². The molecular formula is H12Cr3N3O16P. The summed E-state index contributed by atoms with van der Waals surface area (Å²) in [7, 11) is -5.39. The molecular weight excluding hydrogens is 485 g/mol. The molecule has 23 heteroatoms. The Morgan fingerprint density at radius 3 is 0.696 bits per heavy atom. The van der Waals surface area contributed by atoms with Crippen LogP contribution < -0.4 is 32.4 Å². The molecule has 0 aliphatic carbocycles. The van der Waals surface area contributed by atoms with Crippen molar-refractivity contribution in [2.75, 3.05) is 0 Å². The van der Waals surface area contributed by atoms with Crippen molar-refractivity contribution in [2.45, 2.75) is 0 Å². The molecule has 0 radical (unpaired) electrons. The van der Waals surface area contributed by atoms with E-state index in [0.29, 0.717) is 0 Å². The maximum atomic E-state index is 9.34. The fraction of sp³-hybridized carbons (Fsp3) is 0. The first-order valence-electron chi connectivity index (χ1n) is 3.64. The monoisotopic (exact) mass is 497 g/mol.